The molecule has 0 radical (unpaired) electrons. The highest BCUT2D eigenvalue weighted by atomic mass is 16.5. The van der Waals surface area contributed by atoms with Gasteiger partial charge in [0.1, 0.15) is 6.04 Å². The Morgan fingerprint density at radius 3 is 3.06 bits per heavy atom. The number of methoxy groups -OCH3 is 1. The molecule has 1 aliphatic rings. The molecule has 1 aliphatic heterocycles. The standard InChI is InChI=1S/C13H21N3O2/c1-18-13(17)12-5-2-3-8-16(12)9-4-7-15-10-6-14-11-15/h6,10-12H,2-5,7-9H2,1H3/t12-/m1/s1. The number of aryl methyl sites for hydroxylation is 1. The van der Waals surface area contributed by atoms with E-state index < -0.39 is 0 Å². The maximum atomic E-state index is 11.7. The Morgan fingerprint density at radius 2 is 2.33 bits per heavy atom. The summed E-state index contributed by atoms with van der Waals surface area (Å²) in [5, 5.41) is 0. The molecule has 0 aliphatic carbocycles. The molecule has 1 saturated heterocycles. The molecule has 0 spiro atoms. The quantitative estimate of drug-likeness (QED) is 0.740. The molecule has 0 bridgehead atoms. The number of nitrogens with zero attached hydrogens (tertiary/aromatic N) is 3. The summed E-state index contributed by atoms with van der Waals surface area (Å²) in [5.41, 5.74) is 0. The highest BCUT2D eigenvalue weighted by Gasteiger charge is 2.28. The minimum Gasteiger partial charge on any atom is -0.468 e. The van der Waals surface area contributed by atoms with Gasteiger partial charge in [0.15, 0.2) is 0 Å². The fourth-order valence-electron chi connectivity index (χ4n) is 2.54. The van der Waals surface area contributed by atoms with Crippen LogP contribution in [0.4, 0.5) is 0 Å². The Bertz CT molecular complexity index is 364. The van der Waals surface area contributed by atoms with Crippen molar-refractivity contribution >= 4 is 5.97 Å². The summed E-state index contributed by atoms with van der Waals surface area (Å²) >= 11 is 0. The molecule has 2 rings (SSSR count). The first kappa shape index (κ1) is 13.1. The number of rotatable bonds is 5. The topological polar surface area (TPSA) is 47.4 Å². The first-order valence-electron chi connectivity index (χ1n) is 6.59. The van der Waals surface area contributed by atoms with Gasteiger partial charge in [-0.15, -0.1) is 0 Å². The molecule has 1 aromatic heterocycles. The summed E-state index contributed by atoms with van der Waals surface area (Å²) in [6, 6.07) is -0.0356. The summed E-state index contributed by atoms with van der Waals surface area (Å²) in [7, 11) is 1.47. The fraction of sp³-hybridized carbons (Fsp3) is 0.692. The van der Waals surface area contributed by atoms with Crippen molar-refractivity contribution in [2.45, 2.75) is 38.3 Å². The molecule has 1 atom stereocenters. The molecule has 0 amide bonds. The SMILES string of the molecule is COC(=O)[C@H]1CCCCN1CCCn1ccnc1. The summed E-state index contributed by atoms with van der Waals surface area (Å²) < 4.78 is 6.94. The van der Waals surface area contributed by atoms with Crippen molar-refractivity contribution in [1.82, 2.24) is 14.5 Å². The third-order valence-corrected chi connectivity index (χ3v) is 3.51. The Labute approximate surface area is 108 Å². The normalized spacial score (nSPS) is 20.8. The highest BCUT2D eigenvalue weighted by molar-refractivity contribution is 5.75. The van der Waals surface area contributed by atoms with E-state index in [0.29, 0.717) is 0 Å². The van der Waals surface area contributed by atoms with Gasteiger partial charge >= 0.3 is 5.97 Å². The number of carbonyl (C=O) groups is 1. The van der Waals surface area contributed by atoms with Crippen LogP contribution in [0.2, 0.25) is 0 Å². The van der Waals surface area contributed by atoms with E-state index in [-0.39, 0.29) is 12.0 Å². The predicted octanol–water partition coefficient (Wildman–Crippen LogP) is 1.30. The van der Waals surface area contributed by atoms with Gasteiger partial charge < -0.3 is 9.30 Å². The number of esters is 1. The van der Waals surface area contributed by atoms with E-state index in [1.807, 2.05) is 12.5 Å². The summed E-state index contributed by atoms with van der Waals surface area (Å²) in [6.07, 6.45) is 9.85. The lowest BCUT2D eigenvalue weighted by atomic mass is 10.0. The van der Waals surface area contributed by atoms with Crippen molar-refractivity contribution < 1.29 is 9.53 Å². The first-order valence-corrected chi connectivity index (χ1v) is 6.59. The van der Waals surface area contributed by atoms with Crippen LogP contribution in [-0.2, 0) is 16.1 Å². The molecule has 18 heavy (non-hydrogen) atoms. The summed E-state index contributed by atoms with van der Waals surface area (Å²) in [4.78, 5) is 18.0. The van der Waals surface area contributed by atoms with E-state index in [1.54, 1.807) is 6.20 Å². The first-order chi connectivity index (χ1) is 8.81. The molecule has 0 aromatic carbocycles. The van der Waals surface area contributed by atoms with Crippen LogP contribution in [0.1, 0.15) is 25.7 Å². The number of carbonyl (C=O) groups excluding carboxylic acids is 1. The number of piperidine rings is 1. The number of aromatic nitrogens is 2. The second-order valence-corrected chi connectivity index (χ2v) is 4.72. The number of ether oxygens (including phenoxy) is 1. The van der Waals surface area contributed by atoms with Gasteiger partial charge in [0.25, 0.3) is 0 Å². The minimum atomic E-state index is -0.0858. The van der Waals surface area contributed by atoms with E-state index in [4.69, 9.17) is 4.74 Å². The van der Waals surface area contributed by atoms with Crippen molar-refractivity contribution in [3.05, 3.63) is 18.7 Å². The number of likely N-dealkylation sites (tertiary alicyclic amines) is 1. The molecule has 0 saturated carbocycles. The van der Waals surface area contributed by atoms with Crippen molar-refractivity contribution in [3.8, 4) is 0 Å². The number of hydrogen-bond donors (Lipinski definition) is 0. The number of hydrogen-bond acceptors (Lipinski definition) is 4. The van der Waals surface area contributed by atoms with Crippen LogP contribution < -0.4 is 0 Å². The summed E-state index contributed by atoms with van der Waals surface area (Å²) in [6.45, 7) is 2.89. The fourth-order valence-corrected chi connectivity index (χ4v) is 2.54. The van der Waals surface area contributed by atoms with Crippen LogP contribution in [0.25, 0.3) is 0 Å². The van der Waals surface area contributed by atoms with Crippen LogP contribution in [0.5, 0.6) is 0 Å². The second kappa shape index (κ2) is 6.54. The average molecular weight is 251 g/mol. The van der Waals surface area contributed by atoms with Gasteiger partial charge in [0.05, 0.1) is 13.4 Å². The van der Waals surface area contributed by atoms with Crippen LogP contribution >= 0.6 is 0 Å². The van der Waals surface area contributed by atoms with Gasteiger partial charge in [0.2, 0.25) is 0 Å². The molecule has 5 heteroatoms. The maximum absolute atomic E-state index is 11.7. The van der Waals surface area contributed by atoms with Gasteiger partial charge in [-0.25, -0.2) is 4.98 Å². The molecule has 100 valence electrons. The van der Waals surface area contributed by atoms with Crippen LogP contribution in [-0.4, -0.2) is 46.7 Å². The smallest absolute Gasteiger partial charge is 0.323 e. The summed E-state index contributed by atoms with van der Waals surface area (Å²) in [5.74, 6) is -0.0858. The predicted molar refractivity (Wildman–Crippen MR) is 68.1 cm³/mol. The molecule has 5 nitrogen and oxygen atoms in total. The third kappa shape index (κ3) is 3.32. The van der Waals surface area contributed by atoms with Gasteiger partial charge in [-0.1, -0.05) is 6.42 Å². The van der Waals surface area contributed by atoms with E-state index >= 15 is 0 Å². The minimum absolute atomic E-state index is 0.0356. The zero-order valence-electron chi connectivity index (χ0n) is 10.9. The zero-order chi connectivity index (χ0) is 12.8. The lowest BCUT2D eigenvalue weighted by Gasteiger charge is -2.33. The molecule has 0 unspecified atom stereocenters. The van der Waals surface area contributed by atoms with Gasteiger partial charge in [0, 0.05) is 25.5 Å². The van der Waals surface area contributed by atoms with Crippen molar-refractivity contribution in [3.63, 3.8) is 0 Å². The number of imidazole rings is 1. The third-order valence-electron chi connectivity index (χ3n) is 3.51. The van der Waals surface area contributed by atoms with Crippen LogP contribution in [0.15, 0.2) is 18.7 Å². The molecular weight excluding hydrogens is 230 g/mol. The molecular formula is C13H21N3O2. The van der Waals surface area contributed by atoms with Gasteiger partial charge in [-0.2, -0.15) is 0 Å². The van der Waals surface area contributed by atoms with E-state index in [0.717, 1.165) is 38.9 Å². The zero-order valence-corrected chi connectivity index (χ0v) is 10.9. The Kier molecular flexibility index (Phi) is 4.75. The van der Waals surface area contributed by atoms with E-state index in [2.05, 4.69) is 14.5 Å². The molecule has 1 fully saturated rings. The monoisotopic (exact) mass is 251 g/mol. The second-order valence-electron chi connectivity index (χ2n) is 4.72. The largest absolute Gasteiger partial charge is 0.468 e. The molecule has 1 aromatic rings. The highest BCUT2D eigenvalue weighted by Crippen LogP contribution is 2.18. The van der Waals surface area contributed by atoms with Crippen LogP contribution in [0.3, 0.4) is 0 Å². The van der Waals surface area contributed by atoms with Crippen molar-refractivity contribution in [1.29, 1.82) is 0 Å². The molecule has 0 N–H and O–H groups in total. The average Bonchev–Trinajstić information content (AvgIpc) is 2.92. The lowest BCUT2D eigenvalue weighted by molar-refractivity contribution is -0.148. The van der Waals surface area contributed by atoms with E-state index in [9.17, 15) is 4.79 Å². The Balaban J connectivity index is 1.80. The van der Waals surface area contributed by atoms with Crippen molar-refractivity contribution in [2.24, 2.45) is 0 Å². The van der Waals surface area contributed by atoms with Gasteiger partial charge in [-0.05, 0) is 25.8 Å². The Hall–Kier alpha value is -1.36. The lowest BCUT2D eigenvalue weighted by Crippen LogP contribution is -2.45. The van der Waals surface area contributed by atoms with Gasteiger partial charge in [-0.3, -0.25) is 9.69 Å². The van der Waals surface area contributed by atoms with E-state index in [1.165, 1.54) is 13.5 Å². The van der Waals surface area contributed by atoms with Crippen LogP contribution in [0, 0.1) is 0 Å². The maximum Gasteiger partial charge on any atom is 0.323 e. The molecule has 2 heterocycles. The van der Waals surface area contributed by atoms with Crippen molar-refractivity contribution in [2.75, 3.05) is 20.2 Å². The Morgan fingerprint density at radius 1 is 1.44 bits per heavy atom.